The normalized spacial score (nSPS) is 14.1. The second kappa shape index (κ2) is 9.37. The van der Waals surface area contributed by atoms with E-state index in [1.807, 2.05) is 12.3 Å². The first-order chi connectivity index (χ1) is 10.5. The van der Waals surface area contributed by atoms with Gasteiger partial charge in [0, 0.05) is 38.1 Å². The summed E-state index contributed by atoms with van der Waals surface area (Å²) in [5.41, 5.74) is 0.434. The van der Waals surface area contributed by atoms with Gasteiger partial charge in [-0.2, -0.15) is 0 Å². The summed E-state index contributed by atoms with van der Waals surface area (Å²) in [5.74, 6) is -0.265. The molecule has 1 aliphatic rings. The number of likely N-dealkylation sites (N-methyl/N-ethyl adjacent to an activating group) is 1. The first kappa shape index (κ1) is 20.1. The van der Waals surface area contributed by atoms with E-state index in [2.05, 4.69) is 5.32 Å². The molecule has 0 atom stereocenters. The molecule has 1 aromatic rings. The van der Waals surface area contributed by atoms with Gasteiger partial charge in [-0.1, -0.05) is 11.6 Å². The highest BCUT2D eigenvalue weighted by Gasteiger charge is 2.22. The Hall–Kier alpha value is -0.950. The number of piperazine rings is 1. The zero-order valence-electron chi connectivity index (χ0n) is 13.2. The molecule has 0 aliphatic carbocycles. The summed E-state index contributed by atoms with van der Waals surface area (Å²) in [5, 5.41) is 3.60. The van der Waals surface area contributed by atoms with Crippen LogP contribution in [0, 0.1) is 0 Å². The third-order valence-corrected chi connectivity index (χ3v) is 4.65. The number of nitrogens with one attached hydrogen (secondary N) is 1. The molecule has 0 aromatic heterocycles. The van der Waals surface area contributed by atoms with E-state index >= 15 is 0 Å². The molecule has 1 fully saturated rings. The first-order valence-electron chi connectivity index (χ1n) is 7.10. The average molecular weight is 378 g/mol. The molecule has 2 amide bonds. The highest BCUT2D eigenvalue weighted by molar-refractivity contribution is 7.98. The van der Waals surface area contributed by atoms with E-state index in [0.29, 0.717) is 23.7 Å². The van der Waals surface area contributed by atoms with Gasteiger partial charge in [-0.3, -0.25) is 9.59 Å². The van der Waals surface area contributed by atoms with Crippen LogP contribution in [0.3, 0.4) is 0 Å². The maximum absolute atomic E-state index is 12.5. The molecule has 0 saturated carbocycles. The lowest BCUT2D eigenvalue weighted by Gasteiger charge is -2.29. The van der Waals surface area contributed by atoms with Crippen molar-refractivity contribution in [2.24, 2.45) is 0 Å². The summed E-state index contributed by atoms with van der Waals surface area (Å²) in [7, 11) is 1.63. The molecule has 1 saturated heterocycles. The molecule has 1 aromatic carbocycles. The van der Waals surface area contributed by atoms with Crippen molar-refractivity contribution < 1.29 is 9.59 Å². The van der Waals surface area contributed by atoms with Crippen molar-refractivity contribution >= 4 is 47.6 Å². The molecule has 128 valence electrons. The molecule has 1 heterocycles. The van der Waals surface area contributed by atoms with Gasteiger partial charge < -0.3 is 15.1 Å². The van der Waals surface area contributed by atoms with Crippen LogP contribution in [0.25, 0.3) is 0 Å². The number of hydrogen-bond acceptors (Lipinski definition) is 4. The van der Waals surface area contributed by atoms with Crippen LogP contribution in [0.5, 0.6) is 0 Å². The van der Waals surface area contributed by atoms with Crippen LogP contribution in [0.4, 0.5) is 0 Å². The average Bonchev–Trinajstić information content (AvgIpc) is 2.55. The predicted octanol–water partition coefficient (Wildman–Crippen LogP) is 1.99. The fraction of sp³-hybridized carbons (Fsp3) is 0.467. The monoisotopic (exact) mass is 377 g/mol. The van der Waals surface area contributed by atoms with Crippen LogP contribution in [0.2, 0.25) is 5.02 Å². The zero-order chi connectivity index (χ0) is 16.1. The largest absolute Gasteiger partial charge is 0.339 e. The number of rotatable bonds is 4. The number of amides is 2. The standard InChI is InChI=1S/C15H20ClN3O2S.ClH/c1-18(10-14(20)19-7-5-17-6-8-19)15(21)12-9-11(22-2)3-4-13(12)16;/h3-4,9,17H,5-8,10H2,1-2H3;1H. The predicted molar refractivity (Wildman–Crippen MR) is 96.9 cm³/mol. The lowest BCUT2D eigenvalue weighted by atomic mass is 10.2. The highest BCUT2D eigenvalue weighted by Crippen LogP contribution is 2.24. The molecule has 0 spiro atoms. The quantitative estimate of drug-likeness (QED) is 0.815. The maximum atomic E-state index is 12.5. The van der Waals surface area contributed by atoms with Crippen LogP contribution < -0.4 is 5.32 Å². The van der Waals surface area contributed by atoms with E-state index in [0.717, 1.165) is 18.0 Å². The summed E-state index contributed by atoms with van der Waals surface area (Å²) in [6.07, 6.45) is 1.94. The third kappa shape index (κ3) is 5.28. The fourth-order valence-electron chi connectivity index (χ4n) is 2.29. The highest BCUT2D eigenvalue weighted by atomic mass is 35.5. The van der Waals surface area contributed by atoms with Crippen LogP contribution >= 0.6 is 35.8 Å². The van der Waals surface area contributed by atoms with Gasteiger partial charge in [0.2, 0.25) is 5.91 Å². The number of hydrogen-bond donors (Lipinski definition) is 1. The Morgan fingerprint density at radius 1 is 1.35 bits per heavy atom. The van der Waals surface area contributed by atoms with E-state index in [1.54, 1.807) is 35.8 Å². The third-order valence-electron chi connectivity index (χ3n) is 3.59. The van der Waals surface area contributed by atoms with Gasteiger partial charge >= 0.3 is 0 Å². The topological polar surface area (TPSA) is 52.7 Å². The SMILES string of the molecule is CSc1ccc(Cl)c(C(=O)N(C)CC(=O)N2CCNCC2)c1.Cl. The molecule has 5 nitrogen and oxygen atoms in total. The Morgan fingerprint density at radius 2 is 2.00 bits per heavy atom. The minimum atomic E-state index is -0.232. The molecule has 1 N–H and O–H groups in total. The second-order valence-electron chi connectivity index (χ2n) is 5.14. The van der Waals surface area contributed by atoms with Gasteiger partial charge in [-0.15, -0.1) is 24.2 Å². The summed E-state index contributed by atoms with van der Waals surface area (Å²) in [6, 6.07) is 5.35. The molecular formula is C15H21Cl2N3O2S. The number of carbonyl (C=O) groups is 2. The minimum Gasteiger partial charge on any atom is -0.339 e. The van der Waals surface area contributed by atoms with Crippen LogP contribution in [-0.4, -0.2) is 67.6 Å². The Labute approximate surface area is 152 Å². The summed E-state index contributed by atoms with van der Waals surface area (Å²) in [4.78, 5) is 28.9. The molecule has 1 aliphatic heterocycles. The Kier molecular flexibility index (Phi) is 8.19. The van der Waals surface area contributed by atoms with Crippen molar-refractivity contribution in [3.8, 4) is 0 Å². The second-order valence-corrected chi connectivity index (χ2v) is 6.42. The summed E-state index contributed by atoms with van der Waals surface area (Å²) in [6.45, 7) is 3.03. The van der Waals surface area contributed by atoms with Crippen molar-refractivity contribution in [1.82, 2.24) is 15.1 Å². The Bertz CT molecular complexity index is 566. The minimum absolute atomic E-state index is 0. The van der Waals surface area contributed by atoms with Crippen molar-refractivity contribution in [2.45, 2.75) is 4.90 Å². The van der Waals surface area contributed by atoms with E-state index in [9.17, 15) is 9.59 Å². The summed E-state index contributed by atoms with van der Waals surface area (Å²) < 4.78 is 0. The van der Waals surface area contributed by atoms with E-state index in [1.165, 1.54) is 4.90 Å². The van der Waals surface area contributed by atoms with Crippen LogP contribution in [0.1, 0.15) is 10.4 Å². The smallest absolute Gasteiger partial charge is 0.255 e. The van der Waals surface area contributed by atoms with Gasteiger partial charge in [0.15, 0.2) is 0 Å². The number of halogens is 2. The van der Waals surface area contributed by atoms with Gasteiger partial charge in [0.1, 0.15) is 0 Å². The number of nitrogens with zero attached hydrogens (tertiary/aromatic N) is 2. The molecule has 0 radical (unpaired) electrons. The molecule has 0 bridgehead atoms. The molecule has 2 rings (SSSR count). The Morgan fingerprint density at radius 3 is 2.61 bits per heavy atom. The fourth-order valence-corrected chi connectivity index (χ4v) is 2.93. The number of benzene rings is 1. The van der Waals surface area contributed by atoms with Crippen molar-refractivity contribution in [1.29, 1.82) is 0 Å². The van der Waals surface area contributed by atoms with Crippen LogP contribution in [-0.2, 0) is 4.79 Å². The van der Waals surface area contributed by atoms with Crippen LogP contribution in [0.15, 0.2) is 23.1 Å². The van der Waals surface area contributed by atoms with Gasteiger partial charge in [-0.25, -0.2) is 0 Å². The van der Waals surface area contributed by atoms with Gasteiger partial charge in [-0.05, 0) is 24.5 Å². The van der Waals surface area contributed by atoms with E-state index in [-0.39, 0.29) is 30.8 Å². The van der Waals surface area contributed by atoms with Gasteiger partial charge in [0.05, 0.1) is 17.1 Å². The van der Waals surface area contributed by atoms with Gasteiger partial charge in [0.25, 0.3) is 5.91 Å². The molecule has 23 heavy (non-hydrogen) atoms. The van der Waals surface area contributed by atoms with Crippen molar-refractivity contribution in [3.63, 3.8) is 0 Å². The van der Waals surface area contributed by atoms with Crippen molar-refractivity contribution in [3.05, 3.63) is 28.8 Å². The first-order valence-corrected chi connectivity index (χ1v) is 8.70. The lowest BCUT2D eigenvalue weighted by Crippen LogP contribution is -2.49. The molecule has 0 unspecified atom stereocenters. The van der Waals surface area contributed by atoms with E-state index in [4.69, 9.17) is 11.6 Å². The molecule has 8 heteroatoms. The Balaban J connectivity index is 0.00000264. The van der Waals surface area contributed by atoms with E-state index < -0.39 is 0 Å². The maximum Gasteiger partial charge on any atom is 0.255 e. The lowest BCUT2D eigenvalue weighted by molar-refractivity contribution is -0.132. The zero-order valence-corrected chi connectivity index (χ0v) is 15.6. The number of thioether (sulfide) groups is 1. The molecular weight excluding hydrogens is 357 g/mol. The summed E-state index contributed by atoms with van der Waals surface area (Å²) >= 11 is 7.66. The number of carbonyl (C=O) groups excluding carboxylic acids is 2. The van der Waals surface area contributed by atoms with Crippen molar-refractivity contribution in [2.75, 3.05) is 46.0 Å².